The summed E-state index contributed by atoms with van der Waals surface area (Å²) >= 11 is 0. The number of rotatable bonds is 3. The zero-order valence-corrected chi connectivity index (χ0v) is 21.2. The maximum absolute atomic E-state index is 13.5. The van der Waals surface area contributed by atoms with Gasteiger partial charge < -0.3 is 9.64 Å². The first-order valence-corrected chi connectivity index (χ1v) is 14.0. The van der Waals surface area contributed by atoms with Crippen LogP contribution in [-0.4, -0.2) is 42.0 Å². The smallest absolute Gasteiger partial charge is 0.300 e. The molecule has 0 atom stereocenters. The molecular formula is C29H41N3O2. The highest BCUT2D eigenvalue weighted by Gasteiger charge is 2.40. The number of aliphatic imine (C=N–C) groups is 1. The van der Waals surface area contributed by atoms with Gasteiger partial charge in [0.2, 0.25) is 0 Å². The molecule has 5 heteroatoms. The number of ether oxygens (including phenoxy) is 1. The molecule has 2 aliphatic carbocycles. The summed E-state index contributed by atoms with van der Waals surface area (Å²) in [6, 6.07) is 5.70. The lowest BCUT2D eigenvalue weighted by molar-refractivity contribution is -0.124. The number of carbonyl (C=O) groups is 1. The lowest BCUT2D eigenvalue weighted by atomic mass is 9.90. The van der Waals surface area contributed by atoms with Gasteiger partial charge in [-0.2, -0.15) is 0 Å². The van der Waals surface area contributed by atoms with Gasteiger partial charge in [0.05, 0.1) is 6.04 Å². The van der Waals surface area contributed by atoms with E-state index in [1.165, 1.54) is 74.8 Å². The molecule has 5 nitrogen and oxygen atoms in total. The monoisotopic (exact) mass is 463 g/mol. The Balaban J connectivity index is 0.00000117. The molecule has 184 valence electrons. The molecule has 3 heterocycles. The van der Waals surface area contributed by atoms with Gasteiger partial charge in [-0.3, -0.25) is 9.69 Å². The Bertz CT molecular complexity index is 923. The van der Waals surface area contributed by atoms with E-state index >= 15 is 0 Å². The molecule has 0 radical (unpaired) electrons. The van der Waals surface area contributed by atoms with E-state index in [0.717, 1.165) is 44.1 Å². The number of hydrogen-bond acceptors (Lipinski definition) is 4. The molecule has 0 N–H and O–H groups in total. The van der Waals surface area contributed by atoms with Crippen molar-refractivity contribution >= 4 is 23.7 Å². The summed E-state index contributed by atoms with van der Waals surface area (Å²) < 4.78 is 6.24. The molecule has 2 saturated carbocycles. The van der Waals surface area contributed by atoms with Crippen molar-refractivity contribution in [3.63, 3.8) is 0 Å². The van der Waals surface area contributed by atoms with E-state index in [1.807, 2.05) is 24.8 Å². The maximum Gasteiger partial charge on any atom is 0.300 e. The van der Waals surface area contributed by atoms with Gasteiger partial charge in [-0.05, 0) is 86.3 Å². The lowest BCUT2D eigenvalue weighted by Crippen LogP contribution is -2.41. The molecular weight excluding hydrogens is 422 g/mol. The van der Waals surface area contributed by atoms with Crippen molar-refractivity contribution in [2.24, 2.45) is 4.99 Å². The van der Waals surface area contributed by atoms with Crippen molar-refractivity contribution in [2.45, 2.75) is 109 Å². The number of nitrogens with zero attached hydrogens (tertiary/aromatic N) is 3. The van der Waals surface area contributed by atoms with Crippen LogP contribution in [0.3, 0.4) is 0 Å². The third-order valence-corrected chi connectivity index (χ3v) is 8.05. The van der Waals surface area contributed by atoms with Gasteiger partial charge in [0.1, 0.15) is 0 Å². The fourth-order valence-electron chi connectivity index (χ4n) is 6.49. The number of carbonyl (C=O) groups excluding carboxylic acids is 1. The van der Waals surface area contributed by atoms with Crippen LogP contribution in [-0.2, 0) is 22.4 Å². The third-order valence-electron chi connectivity index (χ3n) is 8.05. The fourth-order valence-corrected chi connectivity index (χ4v) is 6.49. The molecule has 0 bridgehead atoms. The Morgan fingerprint density at radius 2 is 1.50 bits per heavy atom. The molecule has 1 amide bonds. The minimum absolute atomic E-state index is 0.0154. The van der Waals surface area contributed by atoms with Crippen LogP contribution >= 0.6 is 0 Å². The van der Waals surface area contributed by atoms with Crippen LogP contribution in [0.2, 0.25) is 0 Å². The third kappa shape index (κ3) is 4.63. The second-order valence-electron chi connectivity index (χ2n) is 10.3. The number of amidine groups is 1. The Kier molecular flexibility index (Phi) is 7.26. The predicted molar refractivity (Wildman–Crippen MR) is 139 cm³/mol. The Morgan fingerprint density at radius 1 is 0.882 bits per heavy atom. The van der Waals surface area contributed by atoms with Crippen molar-refractivity contribution in [3.05, 3.63) is 34.6 Å². The van der Waals surface area contributed by atoms with Crippen molar-refractivity contribution in [3.8, 4) is 0 Å². The Hall–Kier alpha value is -2.30. The van der Waals surface area contributed by atoms with Gasteiger partial charge in [-0.1, -0.05) is 46.0 Å². The molecule has 0 spiro atoms. The predicted octanol–water partition coefficient (Wildman–Crippen LogP) is 6.24. The van der Waals surface area contributed by atoms with Gasteiger partial charge >= 0.3 is 6.02 Å². The van der Waals surface area contributed by atoms with Crippen LogP contribution in [0.25, 0.3) is 6.08 Å². The Morgan fingerprint density at radius 3 is 2.15 bits per heavy atom. The molecule has 3 aliphatic heterocycles. The molecule has 6 rings (SSSR count). The van der Waals surface area contributed by atoms with E-state index in [-0.39, 0.29) is 11.9 Å². The highest BCUT2D eigenvalue weighted by molar-refractivity contribution is 6.11. The number of benzene rings is 1. The summed E-state index contributed by atoms with van der Waals surface area (Å²) in [5, 5.41) is 0. The van der Waals surface area contributed by atoms with Crippen LogP contribution in [0.15, 0.2) is 22.9 Å². The van der Waals surface area contributed by atoms with Crippen LogP contribution in [0.5, 0.6) is 0 Å². The maximum atomic E-state index is 13.5. The highest BCUT2D eigenvalue weighted by atomic mass is 16.5. The average molecular weight is 464 g/mol. The lowest BCUT2D eigenvalue weighted by Gasteiger charge is -2.37. The van der Waals surface area contributed by atoms with E-state index in [0.29, 0.717) is 17.8 Å². The second-order valence-corrected chi connectivity index (χ2v) is 10.3. The SMILES string of the molecule is CC.O=C1/C(=C\c2cc3c4c(c2)CCCN4CCC3)OC(=NC2CCCC2)N1C1CCCCC1. The van der Waals surface area contributed by atoms with Crippen LogP contribution in [0.4, 0.5) is 5.69 Å². The zero-order chi connectivity index (χ0) is 23.5. The number of hydrogen-bond donors (Lipinski definition) is 0. The van der Waals surface area contributed by atoms with Gasteiger partial charge in [-0.15, -0.1) is 0 Å². The number of amides is 1. The number of anilines is 1. The normalized spacial score (nSPS) is 25.4. The Labute approximate surface area is 205 Å². The highest BCUT2D eigenvalue weighted by Crippen LogP contribution is 2.37. The summed E-state index contributed by atoms with van der Waals surface area (Å²) in [6.07, 6.45) is 17.1. The minimum atomic E-state index is 0.0154. The van der Waals surface area contributed by atoms with Crippen molar-refractivity contribution in [1.82, 2.24) is 4.90 Å². The molecule has 1 aromatic carbocycles. The first-order chi connectivity index (χ1) is 16.8. The van der Waals surface area contributed by atoms with E-state index in [9.17, 15) is 4.79 Å². The molecule has 1 saturated heterocycles. The second kappa shape index (κ2) is 10.5. The largest absolute Gasteiger partial charge is 0.420 e. The zero-order valence-electron chi connectivity index (χ0n) is 21.2. The van der Waals surface area contributed by atoms with E-state index < -0.39 is 0 Å². The van der Waals surface area contributed by atoms with Gasteiger partial charge in [0, 0.05) is 24.8 Å². The summed E-state index contributed by atoms with van der Waals surface area (Å²) in [7, 11) is 0. The molecule has 0 aromatic heterocycles. The molecule has 5 aliphatic rings. The van der Waals surface area contributed by atoms with Crippen LogP contribution in [0.1, 0.15) is 101 Å². The summed E-state index contributed by atoms with van der Waals surface area (Å²) in [4.78, 5) is 23.0. The molecule has 1 aromatic rings. The van der Waals surface area contributed by atoms with E-state index in [2.05, 4.69) is 17.0 Å². The van der Waals surface area contributed by atoms with Crippen molar-refractivity contribution in [1.29, 1.82) is 0 Å². The molecule has 0 unspecified atom stereocenters. The van der Waals surface area contributed by atoms with Crippen LogP contribution < -0.4 is 4.90 Å². The summed E-state index contributed by atoms with van der Waals surface area (Å²) in [5.74, 6) is 0.476. The molecule has 34 heavy (non-hydrogen) atoms. The van der Waals surface area contributed by atoms with Crippen molar-refractivity contribution in [2.75, 3.05) is 18.0 Å². The first-order valence-electron chi connectivity index (χ1n) is 14.0. The van der Waals surface area contributed by atoms with E-state index in [4.69, 9.17) is 9.73 Å². The first kappa shape index (κ1) is 23.4. The van der Waals surface area contributed by atoms with Gasteiger partial charge in [0.15, 0.2) is 5.76 Å². The summed E-state index contributed by atoms with van der Waals surface area (Å²) in [5.41, 5.74) is 5.46. The molecule has 3 fully saturated rings. The topological polar surface area (TPSA) is 45.1 Å². The quantitative estimate of drug-likeness (QED) is 0.498. The van der Waals surface area contributed by atoms with Gasteiger partial charge in [-0.25, -0.2) is 4.99 Å². The van der Waals surface area contributed by atoms with Gasteiger partial charge in [0.25, 0.3) is 5.91 Å². The van der Waals surface area contributed by atoms with Crippen molar-refractivity contribution < 1.29 is 9.53 Å². The number of aryl methyl sites for hydroxylation is 2. The van der Waals surface area contributed by atoms with E-state index in [1.54, 1.807) is 0 Å². The van der Waals surface area contributed by atoms with Crippen LogP contribution in [0, 0.1) is 0 Å². The average Bonchev–Trinajstić information content (AvgIpc) is 3.49. The summed E-state index contributed by atoms with van der Waals surface area (Å²) in [6.45, 7) is 6.36. The minimum Gasteiger partial charge on any atom is -0.420 e. The fraction of sp³-hybridized carbons (Fsp3) is 0.655. The standard InChI is InChI=1S/C27H35N3O2.C2H6/c31-26-24(18-19-16-20-8-6-14-29-15-7-9-21(17-19)25(20)29)32-27(28-22-10-4-5-11-22)30(26)23-12-2-1-3-13-23;1-2/h16-18,22-23H,1-15H2;1-2H3/b24-18+,28-27?;.